The minimum Gasteiger partial charge on any atom is -0.472 e. The topological polar surface area (TPSA) is 89.5 Å². The lowest BCUT2D eigenvalue weighted by Crippen LogP contribution is -2.27. The zero-order valence-electron chi connectivity index (χ0n) is 16.9. The number of nitrogens with one attached hydrogen (secondary N) is 1. The van der Waals surface area contributed by atoms with Crippen LogP contribution < -0.4 is 14.8 Å². The van der Waals surface area contributed by atoms with Crippen LogP contribution in [0.2, 0.25) is 0 Å². The Labute approximate surface area is 181 Å². The number of nitrogens with zero attached hydrogens (tertiary/aromatic N) is 4. The van der Waals surface area contributed by atoms with Crippen LogP contribution in [0.25, 0.3) is 10.9 Å². The van der Waals surface area contributed by atoms with Crippen molar-refractivity contribution in [1.29, 1.82) is 0 Å². The van der Waals surface area contributed by atoms with Crippen LogP contribution in [0.3, 0.4) is 0 Å². The second-order valence-electron chi connectivity index (χ2n) is 7.30. The fourth-order valence-corrected chi connectivity index (χ4v) is 4.46. The van der Waals surface area contributed by atoms with E-state index in [9.17, 15) is 13.6 Å². The molecule has 1 saturated heterocycles. The molecular formula is C20H21F2N5O3S. The number of anilines is 1. The molecule has 164 valence electrons. The van der Waals surface area contributed by atoms with Crippen molar-refractivity contribution in [1.82, 2.24) is 19.9 Å². The van der Waals surface area contributed by atoms with Gasteiger partial charge in [0.05, 0.1) is 10.9 Å². The van der Waals surface area contributed by atoms with Crippen LogP contribution in [-0.2, 0) is 11.3 Å². The molecule has 0 aliphatic carbocycles. The SMILES string of the molecule is CC(=O)Nc1ncc(CN2C[C@H](Oc3ncnc4cc(OC(F)F)ccc34)C[C@@H]2C)s1. The number of hydrogen-bond donors (Lipinski definition) is 1. The molecule has 8 nitrogen and oxygen atoms in total. The molecule has 0 unspecified atom stereocenters. The van der Waals surface area contributed by atoms with Crippen molar-refractivity contribution in [3.63, 3.8) is 0 Å². The van der Waals surface area contributed by atoms with Gasteiger partial charge in [-0.25, -0.2) is 15.0 Å². The molecular weight excluding hydrogens is 428 g/mol. The van der Waals surface area contributed by atoms with Crippen LogP contribution in [0.15, 0.2) is 30.7 Å². The quantitative estimate of drug-likeness (QED) is 0.588. The summed E-state index contributed by atoms with van der Waals surface area (Å²) in [4.78, 5) is 27.1. The Kier molecular flexibility index (Phi) is 6.23. The molecule has 1 N–H and O–H groups in total. The second kappa shape index (κ2) is 9.06. The Morgan fingerprint density at radius 2 is 2.19 bits per heavy atom. The van der Waals surface area contributed by atoms with E-state index in [-0.39, 0.29) is 23.8 Å². The van der Waals surface area contributed by atoms with Crippen molar-refractivity contribution >= 4 is 33.3 Å². The number of ether oxygens (including phenoxy) is 2. The number of amides is 1. The van der Waals surface area contributed by atoms with Gasteiger partial charge in [-0.1, -0.05) is 0 Å². The molecule has 0 bridgehead atoms. The summed E-state index contributed by atoms with van der Waals surface area (Å²) >= 11 is 1.45. The van der Waals surface area contributed by atoms with E-state index < -0.39 is 6.61 Å². The first kappa shape index (κ1) is 21.3. The summed E-state index contributed by atoms with van der Waals surface area (Å²) in [6, 6.07) is 4.80. The molecule has 0 spiro atoms. The Hall–Kier alpha value is -2.92. The maximum absolute atomic E-state index is 12.5. The monoisotopic (exact) mass is 449 g/mol. The molecule has 0 saturated carbocycles. The Balaban J connectivity index is 1.42. The second-order valence-corrected chi connectivity index (χ2v) is 8.42. The predicted octanol–water partition coefficient (Wildman–Crippen LogP) is 3.69. The summed E-state index contributed by atoms with van der Waals surface area (Å²) in [5.41, 5.74) is 0.473. The molecule has 2 aromatic heterocycles. The highest BCUT2D eigenvalue weighted by atomic mass is 32.1. The minimum atomic E-state index is -2.89. The maximum Gasteiger partial charge on any atom is 0.387 e. The summed E-state index contributed by atoms with van der Waals surface area (Å²) < 4.78 is 35.5. The van der Waals surface area contributed by atoms with Gasteiger partial charge in [0.25, 0.3) is 0 Å². The van der Waals surface area contributed by atoms with Gasteiger partial charge < -0.3 is 14.8 Å². The molecule has 11 heteroatoms. The van der Waals surface area contributed by atoms with Gasteiger partial charge in [0.15, 0.2) is 5.13 Å². The number of benzene rings is 1. The molecule has 0 radical (unpaired) electrons. The number of aromatic nitrogens is 3. The zero-order valence-corrected chi connectivity index (χ0v) is 17.7. The summed E-state index contributed by atoms with van der Waals surface area (Å²) in [6.07, 6.45) is 3.86. The largest absolute Gasteiger partial charge is 0.472 e. The fraction of sp³-hybridized carbons (Fsp3) is 0.400. The number of rotatable bonds is 7. The van der Waals surface area contributed by atoms with E-state index in [1.807, 2.05) is 0 Å². The van der Waals surface area contributed by atoms with Crippen LogP contribution in [-0.4, -0.2) is 51.1 Å². The standard InChI is InChI=1S/C20H21F2N5O3S/c1-11-5-14(8-27(11)9-15-7-23-20(31-15)26-12(2)28)29-18-16-4-3-13(30-19(21)22)6-17(16)24-10-25-18/h3-4,6-7,10-11,14,19H,5,8-9H2,1-2H3,(H,23,26,28)/t11-,14+/m0/s1. The Morgan fingerprint density at radius 1 is 1.35 bits per heavy atom. The van der Waals surface area contributed by atoms with Crippen molar-refractivity contribution < 1.29 is 23.0 Å². The third-order valence-corrected chi connectivity index (χ3v) is 5.83. The summed E-state index contributed by atoms with van der Waals surface area (Å²) in [7, 11) is 0. The average molecular weight is 449 g/mol. The van der Waals surface area contributed by atoms with Crippen LogP contribution in [0.1, 0.15) is 25.1 Å². The summed E-state index contributed by atoms with van der Waals surface area (Å²) in [5, 5.41) is 3.92. The van der Waals surface area contributed by atoms with Gasteiger partial charge in [-0.05, 0) is 19.1 Å². The smallest absolute Gasteiger partial charge is 0.387 e. The van der Waals surface area contributed by atoms with Crippen molar-refractivity contribution in [2.24, 2.45) is 0 Å². The van der Waals surface area contributed by atoms with E-state index in [1.165, 1.54) is 36.7 Å². The lowest BCUT2D eigenvalue weighted by molar-refractivity contribution is -0.114. The number of alkyl halides is 2. The van der Waals surface area contributed by atoms with Crippen molar-refractivity contribution in [3.05, 3.63) is 35.6 Å². The van der Waals surface area contributed by atoms with Crippen LogP contribution in [0, 0.1) is 0 Å². The maximum atomic E-state index is 12.5. The molecule has 1 aliphatic heterocycles. The van der Waals surface area contributed by atoms with Crippen molar-refractivity contribution in [2.75, 3.05) is 11.9 Å². The molecule has 31 heavy (non-hydrogen) atoms. The highest BCUT2D eigenvalue weighted by Crippen LogP contribution is 2.30. The lowest BCUT2D eigenvalue weighted by atomic mass is 10.2. The average Bonchev–Trinajstić information content (AvgIpc) is 3.27. The first-order chi connectivity index (χ1) is 14.9. The minimum absolute atomic E-state index is 0.0380. The molecule has 1 aromatic carbocycles. The van der Waals surface area contributed by atoms with Crippen LogP contribution in [0.5, 0.6) is 11.6 Å². The van der Waals surface area contributed by atoms with Gasteiger partial charge in [-0.2, -0.15) is 8.78 Å². The number of carbonyl (C=O) groups excluding carboxylic acids is 1. The van der Waals surface area contributed by atoms with Gasteiger partial charge in [0.2, 0.25) is 11.8 Å². The van der Waals surface area contributed by atoms with E-state index in [0.717, 1.165) is 11.3 Å². The number of halogens is 2. The van der Waals surface area contributed by atoms with E-state index in [4.69, 9.17) is 4.74 Å². The van der Waals surface area contributed by atoms with Gasteiger partial charge in [-0.15, -0.1) is 11.3 Å². The van der Waals surface area contributed by atoms with Crippen molar-refractivity contribution in [3.8, 4) is 11.6 Å². The van der Waals surface area contributed by atoms with Crippen LogP contribution >= 0.6 is 11.3 Å². The van der Waals surface area contributed by atoms with Gasteiger partial charge in [-0.3, -0.25) is 9.69 Å². The highest BCUT2D eigenvalue weighted by Gasteiger charge is 2.31. The number of hydrogen-bond acceptors (Lipinski definition) is 8. The number of thiazole rings is 1. The number of carbonyl (C=O) groups is 1. The molecule has 4 rings (SSSR count). The lowest BCUT2D eigenvalue weighted by Gasteiger charge is -2.19. The van der Waals surface area contributed by atoms with Gasteiger partial charge >= 0.3 is 6.61 Å². The van der Waals surface area contributed by atoms with E-state index in [1.54, 1.807) is 12.3 Å². The van der Waals surface area contributed by atoms with Gasteiger partial charge in [0.1, 0.15) is 18.2 Å². The van der Waals surface area contributed by atoms with E-state index in [2.05, 4.69) is 36.8 Å². The molecule has 3 aromatic rings. The fourth-order valence-electron chi connectivity index (χ4n) is 3.58. The molecule has 2 atom stereocenters. The third kappa shape index (κ3) is 5.23. The molecule has 1 amide bonds. The zero-order chi connectivity index (χ0) is 22.0. The highest BCUT2D eigenvalue weighted by molar-refractivity contribution is 7.15. The van der Waals surface area contributed by atoms with E-state index >= 15 is 0 Å². The van der Waals surface area contributed by atoms with Crippen molar-refractivity contribution in [2.45, 2.75) is 45.6 Å². The van der Waals surface area contributed by atoms with Gasteiger partial charge in [0, 0.05) is 49.6 Å². The summed E-state index contributed by atoms with van der Waals surface area (Å²) in [5.74, 6) is 0.309. The molecule has 3 heterocycles. The third-order valence-electron chi connectivity index (χ3n) is 4.94. The first-order valence-corrected chi connectivity index (χ1v) is 10.5. The van der Waals surface area contributed by atoms with E-state index in [0.29, 0.717) is 35.0 Å². The van der Waals surface area contributed by atoms with Crippen LogP contribution in [0.4, 0.5) is 13.9 Å². The Morgan fingerprint density at radius 3 is 2.97 bits per heavy atom. The normalized spacial score (nSPS) is 19.1. The predicted molar refractivity (Wildman–Crippen MR) is 111 cm³/mol. The number of fused-ring (bicyclic) bond motifs is 1. The number of likely N-dealkylation sites (tertiary alicyclic amines) is 1. The molecule has 1 fully saturated rings. The summed E-state index contributed by atoms with van der Waals surface area (Å²) in [6.45, 7) is 2.10. The first-order valence-electron chi connectivity index (χ1n) is 9.70. The Bertz CT molecular complexity index is 1080. The molecule has 1 aliphatic rings.